The van der Waals surface area contributed by atoms with E-state index in [0.29, 0.717) is 0 Å². The Balaban J connectivity index is 2.14. The number of halogens is 1. The third kappa shape index (κ3) is 2.15. The van der Waals surface area contributed by atoms with Crippen LogP contribution in [0, 0.1) is 0 Å². The van der Waals surface area contributed by atoms with Crippen LogP contribution in [0.4, 0.5) is 0 Å². The number of amides is 1. The Bertz CT molecular complexity index is 364. The molecule has 0 unspecified atom stereocenters. The summed E-state index contributed by atoms with van der Waals surface area (Å²) in [5, 5.41) is 2.98. The summed E-state index contributed by atoms with van der Waals surface area (Å²) in [5.74, 6) is -0.0571. The standard InChI is InChI=1S/C12H14ClNO/c1-12(14-11(15)8-13)6-9-4-2-3-5-10(9)7-12/h2-5H,6-8H2,1H3,(H,14,15). The second-order valence-electron chi connectivity index (χ2n) is 4.36. The van der Waals surface area contributed by atoms with E-state index in [9.17, 15) is 4.79 Å². The highest BCUT2D eigenvalue weighted by Gasteiger charge is 2.33. The Morgan fingerprint density at radius 3 is 2.40 bits per heavy atom. The van der Waals surface area contributed by atoms with Crippen LogP contribution in [0.15, 0.2) is 24.3 Å². The highest BCUT2D eigenvalue weighted by atomic mass is 35.5. The fraction of sp³-hybridized carbons (Fsp3) is 0.417. The molecule has 2 rings (SSSR count). The van der Waals surface area contributed by atoms with Gasteiger partial charge in [-0.15, -0.1) is 11.6 Å². The van der Waals surface area contributed by atoms with Crippen LogP contribution in [0.25, 0.3) is 0 Å². The van der Waals surface area contributed by atoms with Gasteiger partial charge >= 0.3 is 0 Å². The molecule has 1 amide bonds. The van der Waals surface area contributed by atoms with Gasteiger partial charge in [-0.1, -0.05) is 24.3 Å². The first-order valence-electron chi connectivity index (χ1n) is 5.07. The Hall–Kier alpha value is -1.02. The quantitative estimate of drug-likeness (QED) is 0.763. The molecular formula is C12H14ClNO. The molecule has 1 aliphatic rings. The maximum atomic E-state index is 11.3. The molecule has 0 fully saturated rings. The van der Waals surface area contributed by atoms with E-state index in [1.165, 1.54) is 11.1 Å². The lowest BCUT2D eigenvalue weighted by molar-refractivity contribution is -0.120. The van der Waals surface area contributed by atoms with E-state index in [2.05, 4.69) is 24.4 Å². The number of carbonyl (C=O) groups is 1. The molecule has 1 aliphatic carbocycles. The van der Waals surface area contributed by atoms with Crippen molar-refractivity contribution in [2.24, 2.45) is 0 Å². The van der Waals surface area contributed by atoms with Crippen LogP contribution in [0.5, 0.6) is 0 Å². The van der Waals surface area contributed by atoms with Crippen molar-refractivity contribution < 1.29 is 4.79 Å². The fourth-order valence-corrected chi connectivity index (χ4v) is 2.33. The monoisotopic (exact) mass is 223 g/mol. The second kappa shape index (κ2) is 3.86. The molecule has 3 heteroatoms. The van der Waals surface area contributed by atoms with Crippen LogP contribution in [0.3, 0.4) is 0 Å². The fourth-order valence-electron chi connectivity index (χ4n) is 2.26. The molecule has 0 aliphatic heterocycles. The molecule has 80 valence electrons. The summed E-state index contributed by atoms with van der Waals surface area (Å²) >= 11 is 5.49. The molecule has 0 heterocycles. The Morgan fingerprint density at radius 2 is 1.93 bits per heavy atom. The van der Waals surface area contributed by atoms with Crippen LogP contribution in [-0.4, -0.2) is 17.3 Å². The summed E-state index contributed by atoms with van der Waals surface area (Å²) in [7, 11) is 0. The van der Waals surface area contributed by atoms with E-state index in [1.807, 2.05) is 12.1 Å². The summed E-state index contributed by atoms with van der Waals surface area (Å²) in [5.41, 5.74) is 2.50. The first kappa shape index (κ1) is 10.5. The van der Waals surface area contributed by atoms with Gasteiger partial charge in [0.1, 0.15) is 5.88 Å². The molecule has 1 aromatic rings. The predicted octanol–water partition coefficient (Wildman–Crippen LogP) is 1.90. The number of nitrogens with one attached hydrogen (secondary N) is 1. The third-order valence-corrected chi connectivity index (χ3v) is 3.08. The summed E-state index contributed by atoms with van der Waals surface area (Å²) < 4.78 is 0. The van der Waals surface area contributed by atoms with Crippen molar-refractivity contribution >= 4 is 17.5 Å². The zero-order valence-corrected chi connectivity index (χ0v) is 9.47. The Labute approximate surface area is 94.6 Å². The summed E-state index contributed by atoms with van der Waals surface area (Å²) in [6, 6.07) is 8.31. The van der Waals surface area contributed by atoms with Crippen LogP contribution in [-0.2, 0) is 17.6 Å². The van der Waals surface area contributed by atoms with Crippen LogP contribution in [0.2, 0.25) is 0 Å². The van der Waals surface area contributed by atoms with E-state index in [1.54, 1.807) is 0 Å². The average molecular weight is 224 g/mol. The summed E-state index contributed by atoms with van der Waals surface area (Å²) in [6.07, 6.45) is 1.79. The van der Waals surface area contributed by atoms with Gasteiger partial charge in [0.25, 0.3) is 0 Å². The minimum Gasteiger partial charge on any atom is -0.349 e. The van der Waals surface area contributed by atoms with Crippen LogP contribution < -0.4 is 5.32 Å². The minimum absolute atomic E-state index is 0.0337. The lowest BCUT2D eigenvalue weighted by Crippen LogP contribution is -2.47. The first-order valence-corrected chi connectivity index (χ1v) is 5.60. The molecule has 0 spiro atoms. The van der Waals surface area contributed by atoms with Crippen LogP contribution in [0.1, 0.15) is 18.1 Å². The Kier molecular flexibility index (Phi) is 2.70. The number of hydrogen-bond acceptors (Lipinski definition) is 1. The van der Waals surface area contributed by atoms with Crippen molar-refractivity contribution in [1.29, 1.82) is 0 Å². The van der Waals surface area contributed by atoms with Gasteiger partial charge < -0.3 is 5.32 Å². The molecule has 0 saturated carbocycles. The molecule has 0 saturated heterocycles. The van der Waals surface area contributed by atoms with Crippen molar-refractivity contribution in [2.45, 2.75) is 25.3 Å². The van der Waals surface area contributed by atoms with Gasteiger partial charge in [-0.2, -0.15) is 0 Å². The highest BCUT2D eigenvalue weighted by molar-refractivity contribution is 6.27. The van der Waals surface area contributed by atoms with E-state index in [0.717, 1.165) is 12.8 Å². The first-order chi connectivity index (χ1) is 7.13. The second-order valence-corrected chi connectivity index (χ2v) is 4.63. The number of benzene rings is 1. The summed E-state index contributed by atoms with van der Waals surface area (Å²) in [6.45, 7) is 2.07. The van der Waals surface area contributed by atoms with Gasteiger partial charge in [-0.05, 0) is 30.9 Å². The van der Waals surface area contributed by atoms with Gasteiger partial charge in [-0.25, -0.2) is 0 Å². The van der Waals surface area contributed by atoms with Gasteiger partial charge in [0.2, 0.25) is 5.91 Å². The third-order valence-electron chi connectivity index (χ3n) is 2.84. The van der Waals surface area contributed by atoms with Gasteiger partial charge in [0.15, 0.2) is 0 Å². The number of rotatable bonds is 2. The van der Waals surface area contributed by atoms with E-state index in [4.69, 9.17) is 11.6 Å². The minimum atomic E-state index is -0.157. The SMILES string of the molecule is CC1(NC(=O)CCl)Cc2ccccc2C1. The van der Waals surface area contributed by atoms with Crippen LogP contribution >= 0.6 is 11.6 Å². The van der Waals surface area contributed by atoms with Gasteiger partial charge in [-0.3, -0.25) is 4.79 Å². The lowest BCUT2D eigenvalue weighted by Gasteiger charge is -2.24. The topological polar surface area (TPSA) is 29.1 Å². The molecule has 15 heavy (non-hydrogen) atoms. The predicted molar refractivity (Wildman–Crippen MR) is 61.1 cm³/mol. The lowest BCUT2D eigenvalue weighted by atomic mass is 9.99. The molecule has 2 nitrogen and oxygen atoms in total. The summed E-state index contributed by atoms with van der Waals surface area (Å²) in [4.78, 5) is 11.3. The van der Waals surface area contributed by atoms with E-state index in [-0.39, 0.29) is 17.3 Å². The molecule has 1 N–H and O–H groups in total. The van der Waals surface area contributed by atoms with Gasteiger partial charge in [0.05, 0.1) is 0 Å². The zero-order chi connectivity index (χ0) is 10.9. The molecule has 1 aromatic carbocycles. The number of hydrogen-bond donors (Lipinski definition) is 1. The molecule has 0 atom stereocenters. The molecule has 0 radical (unpaired) electrons. The molecule has 0 bridgehead atoms. The van der Waals surface area contributed by atoms with Crippen molar-refractivity contribution in [3.8, 4) is 0 Å². The van der Waals surface area contributed by atoms with Gasteiger partial charge in [0, 0.05) is 5.54 Å². The zero-order valence-electron chi connectivity index (χ0n) is 8.72. The number of carbonyl (C=O) groups excluding carboxylic acids is 1. The number of alkyl halides is 1. The largest absolute Gasteiger partial charge is 0.349 e. The molecule has 0 aromatic heterocycles. The maximum absolute atomic E-state index is 11.3. The van der Waals surface area contributed by atoms with E-state index < -0.39 is 0 Å². The van der Waals surface area contributed by atoms with Crippen molar-refractivity contribution in [1.82, 2.24) is 5.32 Å². The smallest absolute Gasteiger partial charge is 0.235 e. The van der Waals surface area contributed by atoms with Crippen molar-refractivity contribution in [3.05, 3.63) is 35.4 Å². The average Bonchev–Trinajstić information content (AvgIpc) is 2.53. The van der Waals surface area contributed by atoms with Crippen molar-refractivity contribution in [2.75, 3.05) is 5.88 Å². The van der Waals surface area contributed by atoms with E-state index >= 15 is 0 Å². The molecular weight excluding hydrogens is 210 g/mol. The highest BCUT2D eigenvalue weighted by Crippen LogP contribution is 2.29. The maximum Gasteiger partial charge on any atom is 0.235 e. The number of fused-ring (bicyclic) bond motifs is 1. The van der Waals surface area contributed by atoms with Crippen molar-refractivity contribution in [3.63, 3.8) is 0 Å². The normalized spacial score (nSPS) is 17.2. The Morgan fingerprint density at radius 1 is 1.40 bits per heavy atom.